The molecule has 138 valence electrons. The van der Waals surface area contributed by atoms with Crippen molar-refractivity contribution in [3.8, 4) is 17.2 Å². The number of hydrogen-bond donors (Lipinski definition) is 2. The largest absolute Gasteiger partial charge is 0.493 e. The summed E-state index contributed by atoms with van der Waals surface area (Å²) in [6.07, 6.45) is 0. The molecule has 1 atom stereocenters. The number of methoxy groups -OCH3 is 3. The van der Waals surface area contributed by atoms with Crippen LogP contribution in [0.5, 0.6) is 17.2 Å². The van der Waals surface area contributed by atoms with Crippen molar-refractivity contribution in [2.45, 2.75) is 13.0 Å². The Morgan fingerprint density at radius 2 is 1.84 bits per heavy atom. The van der Waals surface area contributed by atoms with Crippen LogP contribution in [0.1, 0.15) is 17.3 Å². The fourth-order valence-electron chi connectivity index (χ4n) is 2.74. The summed E-state index contributed by atoms with van der Waals surface area (Å²) in [5, 5.41) is 5.92. The van der Waals surface area contributed by atoms with Gasteiger partial charge in [-0.1, -0.05) is 0 Å². The van der Waals surface area contributed by atoms with Gasteiger partial charge in [0.05, 0.1) is 27.9 Å². The Kier molecular flexibility index (Phi) is 6.46. The van der Waals surface area contributed by atoms with Gasteiger partial charge in [-0.25, -0.2) is 0 Å². The van der Waals surface area contributed by atoms with Crippen molar-refractivity contribution < 1.29 is 23.8 Å². The van der Waals surface area contributed by atoms with E-state index < -0.39 is 0 Å². The number of piperazine rings is 1. The smallest absolute Gasteiger partial charge is 0.251 e. The number of hydrogen-bond acceptors (Lipinski definition) is 6. The van der Waals surface area contributed by atoms with Crippen LogP contribution < -0.4 is 24.8 Å². The molecule has 2 amide bonds. The molecule has 1 aromatic carbocycles. The fourth-order valence-corrected chi connectivity index (χ4v) is 2.74. The van der Waals surface area contributed by atoms with Crippen LogP contribution >= 0.6 is 0 Å². The van der Waals surface area contributed by atoms with Crippen molar-refractivity contribution in [1.82, 2.24) is 15.5 Å². The van der Waals surface area contributed by atoms with Gasteiger partial charge in [0.2, 0.25) is 11.7 Å². The molecule has 0 saturated carbocycles. The van der Waals surface area contributed by atoms with Gasteiger partial charge in [0.15, 0.2) is 11.5 Å². The molecule has 0 aromatic heterocycles. The average molecular weight is 351 g/mol. The summed E-state index contributed by atoms with van der Waals surface area (Å²) in [5.41, 5.74) is 0.330. The molecule has 0 spiro atoms. The van der Waals surface area contributed by atoms with E-state index in [1.165, 1.54) is 21.3 Å². The first kappa shape index (κ1) is 18.9. The van der Waals surface area contributed by atoms with E-state index >= 15 is 0 Å². The Balaban J connectivity index is 2.04. The standard InChI is InChI=1S/C17H25N3O5/c1-11-10-20(6-5-18-11)15(21)9-19-17(22)12-7-13(23-2)16(25-4)14(8-12)24-3/h7-8,11,18H,5-6,9-10H2,1-4H3,(H,19,22)/t11-/m1/s1. The topological polar surface area (TPSA) is 89.1 Å². The molecule has 0 aliphatic carbocycles. The zero-order chi connectivity index (χ0) is 18.4. The van der Waals surface area contributed by atoms with Gasteiger partial charge in [-0.05, 0) is 19.1 Å². The minimum atomic E-state index is -0.379. The Hall–Kier alpha value is -2.48. The summed E-state index contributed by atoms with van der Waals surface area (Å²) in [7, 11) is 4.45. The minimum Gasteiger partial charge on any atom is -0.493 e. The van der Waals surface area contributed by atoms with Crippen LogP contribution in [0.15, 0.2) is 12.1 Å². The zero-order valence-corrected chi connectivity index (χ0v) is 15.0. The normalized spacial score (nSPS) is 17.0. The number of benzene rings is 1. The molecule has 0 unspecified atom stereocenters. The van der Waals surface area contributed by atoms with Crippen molar-refractivity contribution in [3.63, 3.8) is 0 Å². The molecular formula is C17H25N3O5. The lowest BCUT2D eigenvalue weighted by Gasteiger charge is -2.31. The molecule has 1 fully saturated rings. The van der Waals surface area contributed by atoms with Crippen molar-refractivity contribution in [2.75, 3.05) is 47.5 Å². The maximum Gasteiger partial charge on any atom is 0.251 e. The lowest BCUT2D eigenvalue weighted by molar-refractivity contribution is -0.131. The fraction of sp³-hybridized carbons (Fsp3) is 0.529. The summed E-state index contributed by atoms with van der Waals surface area (Å²) in [6.45, 7) is 4.01. The van der Waals surface area contributed by atoms with Gasteiger partial charge >= 0.3 is 0 Å². The molecule has 0 bridgehead atoms. The molecule has 8 nitrogen and oxygen atoms in total. The van der Waals surface area contributed by atoms with E-state index in [1.54, 1.807) is 17.0 Å². The van der Waals surface area contributed by atoms with Gasteiger partial charge in [0.25, 0.3) is 5.91 Å². The average Bonchev–Trinajstić information content (AvgIpc) is 2.64. The highest BCUT2D eigenvalue weighted by Gasteiger charge is 2.22. The third-order valence-corrected chi connectivity index (χ3v) is 4.05. The number of nitrogens with zero attached hydrogens (tertiary/aromatic N) is 1. The van der Waals surface area contributed by atoms with Gasteiger partial charge in [-0.3, -0.25) is 9.59 Å². The van der Waals surface area contributed by atoms with E-state index in [4.69, 9.17) is 14.2 Å². The second-order valence-electron chi connectivity index (χ2n) is 5.79. The van der Waals surface area contributed by atoms with Crippen LogP contribution in [0.4, 0.5) is 0 Å². The Morgan fingerprint density at radius 1 is 1.20 bits per heavy atom. The zero-order valence-electron chi connectivity index (χ0n) is 15.0. The first-order valence-electron chi connectivity index (χ1n) is 8.09. The highest BCUT2D eigenvalue weighted by Crippen LogP contribution is 2.38. The number of rotatable bonds is 6. The molecule has 1 aromatic rings. The number of carbonyl (C=O) groups excluding carboxylic acids is 2. The van der Waals surface area contributed by atoms with Crippen molar-refractivity contribution in [1.29, 1.82) is 0 Å². The first-order valence-corrected chi connectivity index (χ1v) is 8.09. The second kappa shape index (κ2) is 8.57. The third-order valence-electron chi connectivity index (χ3n) is 4.05. The summed E-state index contributed by atoms with van der Waals surface area (Å²) >= 11 is 0. The molecule has 1 saturated heterocycles. The van der Waals surface area contributed by atoms with E-state index in [-0.39, 0.29) is 24.4 Å². The van der Waals surface area contributed by atoms with E-state index in [9.17, 15) is 9.59 Å². The molecule has 1 heterocycles. The predicted octanol–water partition coefficient (Wildman–Crippen LogP) is 0.263. The Morgan fingerprint density at radius 3 is 2.36 bits per heavy atom. The summed E-state index contributed by atoms with van der Waals surface area (Å²) in [6, 6.07) is 3.35. The lowest BCUT2D eigenvalue weighted by Crippen LogP contribution is -2.53. The maximum absolute atomic E-state index is 12.4. The summed E-state index contributed by atoms with van der Waals surface area (Å²) in [5.74, 6) is 0.695. The Bertz CT molecular complexity index is 610. The number of nitrogens with one attached hydrogen (secondary N) is 2. The molecule has 1 aliphatic rings. The summed E-state index contributed by atoms with van der Waals surface area (Å²) < 4.78 is 15.7. The third kappa shape index (κ3) is 4.54. The quantitative estimate of drug-likeness (QED) is 0.764. The van der Waals surface area contributed by atoms with E-state index in [2.05, 4.69) is 10.6 Å². The SMILES string of the molecule is COc1cc(C(=O)NCC(=O)N2CCN[C@H](C)C2)cc(OC)c1OC. The number of carbonyl (C=O) groups is 2. The number of ether oxygens (including phenoxy) is 3. The monoisotopic (exact) mass is 351 g/mol. The second-order valence-corrected chi connectivity index (χ2v) is 5.79. The molecule has 1 aliphatic heterocycles. The predicted molar refractivity (Wildman–Crippen MR) is 92.5 cm³/mol. The molecule has 2 N–H and O–H groups in total. The molecule has 2 rings (SSSR count). The van der Waals surface area contributed by atoms with E-state index in [1.807, 2.05) is 6.92 Å². The molecule has 25 heavy (non-hydrogen) atoms. The first-order chi connectivity index (χ1) is 12.0. The van der Waals surface area contributed by atoms with Crippen LogP contribution in [0.25, 0.3) is 0 Å². The highest BCUT2D eigenvalue weighted by molar-refractivity contribution is 5.97. The van der Waals surface area contributed by atoms with Crippen molar-refractivity contribution >= 4 is 11.8 Å². The van der Waals surface area contributed by atoms with Crippen LogP contribution in [0.3, 0.4) is 0 Å². The van der Waals surface area contributed by atoms with Crippen molar-refractivity contribution in [2.24, 2.45) is 0 Å². The minimum absolute atomic E-state index is 0.0534. The van der Waals surface area contributed by atoms with Gasteiger partial charge < -0.3 is 29.7 Å². The van der Waals surface area contributed by atoms with Crippen LogP contribution in [0.2, 0.25) is 0 Å². The van der Waals surface area contributed by atoms with Crippen LogP contribution in [0, 0.1) is 0 Å². The van der Waals surface area contributed by atoms with Crippen LogP contribution in [-0.4, -0.2) is 70.3 Å². The van der Waals surface area contributed by atoms with Gasteiger partial charge in [-0.15, -0.1) is 0 Å². The van der Waals surface area contributed by atoms with Gasteiger partial charge in [0, 0.05) is 31.2 Å². The van der Waals surface area contributed by atoms with Crippen LogP contribution in [-0.2, 0) is 4.79 Å². The summed E-state index contributed by atoms with van der Waals surface area (Å²) in [4.78, 5) is 26.4. The lowest BCUT2D eigenvalue weighted by atomic mass is 10.1. The van der Waals surface area contributed by atoms with E-state index in [0.717, 1.165) is 6.54 Å². The van der Waals surface area contributed by atoms with Gasteiger partial charge in [0.1, 0.15) is 0 Å². The molecule has 8 heteroatoms. The molecular weight excluding hydrogens is 326 g/mol. The van der Waals surface area contributed by atoms with Crippen molar-refractivity contribution in [3.05, 3.63) is 17.7 Å². The highest BCUT2D eigenvalue weighted by atomic mass is 16.5. The number of amides is 2. The van der Waals surface area contributed by atoms with E-state index in [0.29, 0.717) is 35.9 Å². The van der Waals surface area contributed by atoms with Gasteiger partial charge in [-0.2, -0.15) is 0 Å². The maximum atomic E-state index is 12.4. The Labute approximate surface area is 147 Å². The molecule has 0 radical (unpaired) electrons.